The minimum atomic E-state index is -1.19. The van der Waals surface area contributed by atoms with Crippen LogP contribution in [0.2, 0.25) is 0 Å². The number of hydrogen-bond donors (Lipinski definition) is 2. The van der Waals surface area contributed by atoms with Crippen molar-refractivity contribution in [2.24, 2.45) is 11.8 Å². The summed E-state index contributed by atoms with van der Waals surface area (Å²) in [5, 5.41) is 16.0. The van der Waals surface area contributed by atoms with Gasteiger partial charge in [0.1, 0.15) is 17.5 Å². The van der Waals surface area contributed by atoms with Crippen molar-refractivity contribution in [2.75, 3.05) is 13.1 Å². The molecule has 1 amide bonds. The summed E-state index contributed by atoms with van der Waals surface area (Å²) >= 11 is 0. The van der Waals surface area contributed by atoms with Gasteiger partial charge in [-0.3, -0.25) is 14.5 Å². The molecule has 1 saturated heterocycles. The second-order valence-corrected chi connectivity index (χ2v) is 8.60. The first-order chi connectivity index (χ1) is 15.2. The van der Waals surface area contributed by atoms with Crippen molar-refractivity contribution in [1.82, 2.24) is 15.4 Å². The van der Waals surface area contributed by atoms with Crippen molar-refractivity contribution in [1.29, 1.82) is 0 Å². The molecule has 1 aromatic carbocycles. The molecule has 2 aromatic rings. The normalized spacial score (nSPS) is 26.2. The second kappa shape index (κ2) is 8.93. The topological polar surface area (TPSA) is 95.7 Å². The number of aromatic nitrogens is 1. The molecule has 1 saturated carbocycles. The summed E-state index contributed by atoms with van der Waals surface area (Å²) in [5.41, 5.74) is -0.889. The number of rotatable bonds is 5. The Morgan fingerprint density at radius 1 is 1.16 bits per heavy atom. The minimum absolute atomic E-state index is 0.251. The number of benzene rings is 1. The van der Waals surface area contributed by atoms with Crippen LogP contribution in [0.5, 0.6) is 0 Å². The van der Waals surface area contributed by atoms with Crippen LogP contribution >= 0.6 is 0 Å². The maximum atomic E-state index is 14.0. The Morgan fingerprint density at radius 3 is 2.50 bits per heavy atom. The van der Waals surface area contributed by atoms with Gasteiger partial charge in [-0.2, -0.15) is 0 Å². The SMILES string of the molecule is C[C@H]1CCC[C@H]1N1CC[C@H](NC(=O)c2cc(-c3c(F)cc(F)cc3F)on2)[C@@H](C(=O)O)C1. The van der Waals surface area contributed by atoms with Crippen LogP contribution in [0, 0.1) is 29.3 Å². The zero-order valence-corrected chi connectivity index (χ0v) is 17.5. The largest absolute Gasteiger partial charge is 0.481 e. The quantitative estimate of drug-likeness (QED) is 0.723. The predicted octanol–water partition coefficient (Wildman–Crippen LogP) is 3.45. The molecule has 2 fully saturated rings. The van der Waals surface area contributed by atoms with E-state index in [9.17, 15) is 27.9 Å². The van der Waals surface area contributed by atoms with Crippen LogP contribution in [-0.4, -0.2) is 52.2 Å². The molecular formula is C22H24F3N3O4. The van der Waals surface area contributed by atoms with Gasteiger partial charge in [0, 0.05) is 43.4 Å². The average Bonchev–Trinajstić information content (AvgIpc) is 3.37. The van der Waals surface area contributed by atoms with Gasteiger partial charge in [-0.1, -0.05) is 18.5 Å². The van der Waals surface area contributed by atoms with Crippen molar-refractivity contribution in [3.8, 4) is 11.3 Å². The zero-order valence-electron chi connectivity index (χ0n) is 17.5. The smallest absolute Gasteiger partial charge is 0.309 e. The fourth-order valence-electron chi connectivity index (χ4n) is 4.89. The molecule has 1 aliphatic heterocycles. The van der Waals surface area contributed by atoms with Crippen molar-refractivity contribution < 1.29 is 32.4 Å². The molecule has 4 rings (SSSR count). The summed E-state index contributed by atoms with van der Waals surface area (Å²) < 4.78 is 46.0. The molecule has 7 nitrogen and oxygen atoms in total. The van der Waals surface area contributed by atoms with Gasteiger partial charge in [0.15, 0.2) is 11.5 Å². The fraction of sp³-hybridized carbons (Fsp3) is 0.500. The van der Waals surface area contributed by atoms with Gasteiger partial charge in [0.25, 0.3) is 5.91 Å². The maximum Gasteiger partial charge on any atom is 0.309 e. The van der Waals surface area contributed by atoms with Crippen molar-refractivity contribution >= 4 is 11.9 Å². The summed E-state index contributed by atoms with van der Waals surface area (Å²) in [5.74, 6) is -5.82. The molecule has 10 heteroatoms. The van der Waals surface area contributed by atoms with E-state index in [4.69, 9.17) is 4.52 Å². The number of piperidine rings is 1. The zero-order chi connectivity index (χ0) is 23.0. The highest BCUT2D eigenvalue weighted by atomic mass is 19.1. The lowest BCUT2D eigenvalue weighted by molar-refractivity contribution is -0.145. The third-order valence-corrected chi connectivity index (χ3v) is 6.56. The van der Waals surface area contributed by atoms with E-state index < -0.39 is 46.9 Å². The van der Waals surface area contributed by atoms with E-state index in [2.05, 4.69) is 22.3 Å². The molecule has 4 atom stereocenters. The Morgan fingerprint density at radius 2 is 1.88 bits per heavy atom. The third-order valence-electron chi connectivity index (χ3n) is 6.56. The fourth-order valence-corrected chi connectivity index (χ4v) is 4.89. The summed E-state index contributed by atoms with van der Waals surface area (Å²) in [7, 11) is 0. The van der Waals surface area contributed by atoms with Gasteiger partial charge in [-0.15, -0.1) is 0 Å². The molecular weight excluding hydrogens is 427 g/mol. The number of hydrogen-bond acceptors (Lipinski definition) is 5. The Hall–Kier alpha value is -2.88. The number of amides is 1. The molecule has 2 N–H and O–H groups in total. The first-order valence-electron chi connectivity index (χ1n) is 10.6. The average molecular weight is 451 g/mol. The molecule has 0 radical (unpaired) electrons. The summed E-state index contributed by atoms with van der Waals surface area (Å²) in [4.78, 5) is 26.7. The molecule has 2 aliphatic rings. The van der Waals surface area contributed by atoms with Crippen LogP contribution in [0.1, 0.15) is 43.1 Å². The Labute approximate surface area is 182 Å². The van der Waals surface area contributed by atoms with Crippen LogP contribution in [0.4, 0.5) is 13.2 Å². The van der Waals surface area contributed by atoms with Crippen LogP contribution in [0.15, 0.2) is 22.7 Å². The summed E-state index contributed by atoms with van der Waals surface area (Å²) in [6, 6.07) is 1.77. The van der Waals surface area contributed by atoms with Crippen molar-refractivity contribution in [2.45, 2.75) is 44.7 Å². The molecule has 0 spiro atoms. The molecule has 32 heavy (non-hydrogen) atoms. The lowest BCUT2D eigenvalue weighted by Gasteiger charge is -2.41. The van der Waals surface area contributed by atoms with E-state index in [1.165, 1.54) is 0 Å². The number of carbonyl (C=O) groups is 2. The Balaban J connectivity index is 1.46. The highest BCUT2D eigenvalue weighted by molar-refractivity contribution is 5.93. The lowest BCUT2D eigenvalue weighted by atomic mass is 9.89. The van der Waals surface area contributed by atoms with E-state index in [0.717, 1.165) is 25.3 Å². The lowest BCUT2D eigenvalue weighted by Crippen LogP contribution is -2.56. The number of halogens is 3. The minimum Gasteiger partial charge on any atom is -0.481 e. The van der Waals surface area contributed by atoms with E-state index >= 15 is 0 Å². The number of nitrogens with one attached hydrogen (secondary N) is 1. The number of carboxylic acids is 1. The van der Waals surface area contributed by atoms with Crippen LogP contribution in [0.3, 0.4) is 0 Å². The maximum absolute atomic E-state index is 14.0. The molecule has 0 unspecified atom stereocenters. The van der Waals surface area contributed by atoms with Gasteiger partial charge < -0.3 is 14.9 Å². The van der Waals surface area contributed by atoms with Gasteiger partial charge in [0.2, 0.25) is 0 Å². The van der Waals surface area contributed by atoms with Gasteiger partial charge in [-0.25, -0.2) is 13.2 Å². The van der Waals surface area contributed by atoms with Crippen LogP contribution in [0.25, 0.3) is 11.3 Å². The Kier molecular flexibility index (Phi) is 6.23. The van der Waals surface area contributed by atoms with Gasteiger partial charge in [0.05, 0.1) is 11.5 Å². The van der Waals surface area contributed by atoms with E-state index in [-0.39, 0.29) is 11.5 Å². The Bertz CT molecular complexity index is 1000. The molecule has 0 bridgehead atoms. The summed E-state index contributed by atoms with van der Waals surface area (Å²) in [6.45, 7) is 3.18. The standard InChI is InChI=1S/C22H24F3N3O4/c1-11-3-2-4-18(11)28-6-5-16(13(10-28)22(30)31)26-21(29)17-9-19(32-27-17)20-14(24)7-12(23)8-15(20)25/h7-9,11,13,16,18H,2-6,10H2,1H3,(H,26,29)(H,30,31)/t11-,13-,16-,18+/m0/s1. The number of carboxylic acid groups (broad SMARTS) is 1. The van der Waals surface area contributed by atoms with Gasteiger partial charge in [-0.05, 0) is 25.2 Å². The third kappa shape index (κ3) is 4.36. The predicted molar refractivity (Wildman–Crippen MR) is 107 cm³/mol. The molecule has 1 aromatic heterocycles. The van der Waals surface area contributed by atoms with Crippen LogP contribution < -0.4 is 5.32 Å². The summed E-state index contributed by atoms with van der Waals surface area (Å²) in [6.07, 6.45) is 3.76. The number of nitrogens with zero attached hydrogens (tertiary/aromatic N) is 2. The van der Waals surface area contributed by atoms with Crippen LogP contribution in [-0.2, 0) is 4.79 Å². The highest BCUT2D eigenvalue weighted by Gasteiger charge is 2.40. The number of carbonyl (C=O) groups excluding carboxylic acids is 1. The number of likely N-dealkylation sites (tertiary alicyclic amines) is 1. The van der Waals surface area contributed by atoms with Crippen molar-refractivity contribution in [3.63, 3.8) is 0 Å². The van der Waals surface area contributed by atoms with E-state index in [1.54, 1.807) is 0 Å². The van der Waals surface area contributed by atoms with Gasteiger partial charge >= 0.3 is 5.97 Å². The first kappa shape index (κ1) is 22.3. The van der Waals surface area contributed by atoms with Crippen molar-refractivity contribution in [3.05, 3.63) is 41.3 Å². The second-order valence-electron chi connectivity index (χ2n) is 8.60. The molecule has 1 aliphatic carbocycles. The van der Waals surface area contributed by atoms with E-state index in [0.29, 0.717) is 43.6 Å². The number of aliphatic carboxylic acids is 1. The monoisotopic (exact) mass is 451 g/mol. The highest BCUT2D eigenvalue weighted by Crippen LogP contribution is 2.33. The molecule has 172 valence electrons. The first-order valence-corrected chi connectivity index (χ1v) is 10.6. The molecule has 2 heterocycles. The van der Waals surface area contributed by atoms with E-state index in [1.807, 2.05) is 0 Å².